The van der Waals surface area contributed by atoms with Gasteiger partial charge < -0.3 is 5.73 Å². The highest BCUT2D eigenvalue weighted by molar-refractivity contribution is 9.10. The number of halogens is 2. The van der Waals surface area contributed by atoms with Crippen molar-refractivity contribution in [3.05, 3.63) is 38.2 Å². The molecule has 1 aromatic carbocycles. The van der Waals surface area contributed by atoms with Gasteiger partial charge in [-0.1, -0.05) is 27.5 Å². The Morgan fingerprint density at radius 1 is 1.38 bits per heavy atom. The number of aromatic amines is 1. The molecule has 0 amide bonds. The molecule has 0 saturated heterocycles. The molecule has 0 spiro atoms. The first kappa shape index (κ1) is 11.1. The number of nitrogens with zero attached hydrogens (tertiary/aromatic N) is 2. The Balaban J connectivity index is 2.63. The summed E-state index contributed by atoms with van der Waals surface area (Å²) < 4.78 is 0.839. The Morgan fingerprint density at radius 2 is 2.12 bits per heavy atom. The van der Waals surface area contributed by atoms with Gasteiger partial charge in [0.05, 0.1) is 5.02 Å². The zero-order valence-corrected chi connectivity index (χ0v) is 10.2. The SMILES string of the molecule is Nc1nc(-c2ccc(Br)cc2Cl)[nH]c(=O)n1. The Morgan fingerprint density at radius 3 is 2.75 bits per heavy atom. The summed E-state index contributed by atoms with van der Waals surface area (Å²) in [5, 5.41) is 0.461. The van der Waals surface area contributed by atoms with E-state index < -0.39 is 5.69 Å². The molecular weight excluding hydrogens is 295 g/mol. The van der Waals surface area contributed by atoms with Crippen LogP contribution in [0.1, 0.15) is 0 Å². The molecule has 0 atom stereocenters. The lowest BCUT2D eigenvalue weighted by atomic mass is 10.2. The number of anilines is 1. The van der Waals surface area contributed by atoms with E-state index >= 15 is 0 Å². The summed E-state index contributed by atoms with van der Waals surface area (Å²) >= 11 is 9.30. The third-order valence-electron chi connectivity index (χ3n) is 1.85. The first-order valence-corrected chi connectivity index (χ1v) is 5.42. The second-order valence-corrected chi connectivity index (χ2v) is 4.31. The molecule has 0 aliphatic rings. The largest absolute Gasteiger partial charge is 0.368 e. The Hall–Kier alpha value is -1.40. The van der Waals surface area contributed by atoms with E-state index in [9.17, 15) is 4.79 Å². The van der Waals surface area contributed by atoms with Crippen molar-refractivity contribution in [1.82, 2.24) is 15.0 Å². The quantitative estimate of drug-likeness (QED) is 0.841. The maximum atomic E-state index is 11.1. The van der Waals surface area contributed by atoms with Crippen molar-refractivity contribution in [3.63, 3.8) is 0 Å². The summed E-state index contributed by atoms with van der Waals surface area (Å²) in [6, 6.07) is 5.22. The van der Waals surface area contributed by atoms with Gasteiger partial charge in [0.25, 0.3) is 0 Å². The molecule has 1 heterocycles. The van der Waals surface area contributed by atoms with Gasteiger partial charge >= 0.3 is 5.69 Å². The number of aromatic nitrogens is 3. The van der Waals surface area contributed by atoms with E-state index in [0.29, 0.717) is 16.4 Å². The van der Waals surface area contributed by atoms with Crippen LogP contribution in [0.15, 0.2) is 27.5 Å². The lowest BCUT2D eigenvalue weighted by molar-refractivity contribution is 1.01. The van der Waals surface area contributed by atoms with E-state index in [0.717, 1.165) is 4.47 Å². The van der Waals surface area contributed by atoms with E-state index in [-0.39, 0.29) is 5.95 Å². The van der Waals surface area contributed by atoms with Crippen LogP contribution in [0.2, 0.25) is 5.02 Å². The van der Waals surface area contributed by atoms with Crippen LogP contribution in [0, 0.1) is 0 Å². The summed E-state index contributed by atoms with van der Waals surface area (Å²) in [7, 11) is 0. The predicted octanol–water partition coefficient (Wildman–Crippen LogP) is 1.83. The van der Waals surface area contributed by atoms with Crippen LogP contribution in [-0.4, -0.2) is 15.0 Å². The molecule has 0 aliphatic carbocycles. The van der Waals surface area contributed by atoms with Gasteiger partial charge in [-0.25, -0.2) is 4.79 Å². The van der Waals surface area contributed by atoms with Crippen LogP contribution in [-0.2, 0) is 0 Å². The standard InChI is InChI=1S/C9H6BrClN4O/c10-4-1-2-5(6(11)3-4)7-13-8(12)15-9(16)14-7/h1-3H,(H3,12,13,14,15,16). The highest BCUT2D eigenvalue weighted by Crippen LogP contribution is 2.27. The Kier molecular flexibility index (Phi) is 2.93. The minimum atomic E-state index is -0.554. The molecule has 5 nitrogen and oxygen atoms in total. The van der Waals surface area contributed by atoms with Gasteiger partial charge in [0, 0.05) is 10.0 Å². The third kappa shape index (κ3) is 2.23. The molecule has 2 rings (SSSR count). The number of nitrogen functional groups attached to an aromatic ring is 1. The zero-order valence-electron chi connectivity index (χ0n) is 7.87. The van der Waals surface area contributed by atoms with Crippen LogP contribution in [0.25, 0.3) is 11.4 Å². The summed E-state index contributed by atoms with van der Waals surface area (Å²) in [6.45, 7) is 0. The molecule has 0 unspecified atom stereocenters. The third-order valence-corrected chi connectivity index (χ3v) is 2.66. The summed E-state index contributed by atoms with van der Waals surface area (Å²) in [5.41, 5.74) is 5.42. The van der Waals surface area contributed by atoms with Crippen molar-refractivity contribution in [1.29, 1.82) is 0 Å². The molecule has 0 bridgehead atoms. The van der Waals surface area contributed by atoms with E-state index in [2.05, 4.69) is 30.9 Å². The summed E-state index contributed by atoms with van der Waals surface area (Å²) in [6.07, 6.45) is 0. The molecule has 7 heteroatoms. The Labute approximate surface area is 104 Å². The lowest BCUT2D eigenvalue weighted by Gasteiger charge is -2.03. The minimum Gasteiger partial charge on any atom is -0.368 e. The number of nitrogens with one attached hydrogen (secondary N) is 1. The van der Waals surface area contributed by atoms with Gasteiger partial charge in [0.2, 0.25) is 5.95 Å². The van der Waals surface area contributed by atoms with E-state index in [4.69, 9.17) is 17.3 Å². The molecule has 0 fully saturated rings. The van der Waals surface area contributed by atoms with Crippen LogP contribution in [0.5, 0.6) is 0 Å². The maximum Gasteiger partial charge on any atom is 0.349 e. The molecule has 0 radical (unpaired) electrons. The number of hydrogen-bond acceptors (Lipinski definition) is 4. The van der Waals surface area contributed by atoms with Gasteiger partial charge in [0.15, 0.2) is 0 Å². The first-order valence-electron chi connectivity index (χ1n) is 4.25. The highest BCUT2D eigenvalue weighted by atomic mass is 79.9. The molecule has 3 N–H and O–H groups in total. The number of rotatable bonds is 1. The number of benzene rings is 1. The van der Waals surface area contributed by atoms with E-state index in [1.165, 1.54) is 0 Å². The van der Waals surface area contributed by atoms with Crippen molar-refractivity contribution >= 4 is 33.5 Å². The number of nitrogens with two attached hydrogens (primary N) is 1. The fourth-order valence-corrected chi connectivity index (χ4v) is 1.97. The van der Waals surface area contributed by atoms with Crippen LogP contribution in [0.3, 0.4) is 0 Å². The van der Waals surface area contributed by atoms with Gasteiger partial charge in [-0.3, -0.25) is 4.98 Å². The Bertz CT molecular complexity index is 598. The highest BCUT2D eigenvalue weighted by Gasteiger charge is 2.07. The second kappa shape index (κ2) is 4.23. The lowest BCUT2D eigenvalue weighted by Crippen LogP contribution is -2.15. The van der Waals surface area contributed by atoms with E-state index in [1.807, 2.05) is 0 Å². The van der Waals surface area contributed by atoms with Gasteiger partial charge in [-0.15, -0.1) is 0 Å². The zero-order chi connectivity index (χ0) is 11.7. The van der Waals surface area contributed by atoms with E-state index in [1.54, 1.807) is 18.2 Å². The molecule has 0 saturated carbocycles. The average Bonchev–Trinajstić information content (AvgIpc) is 2.15. The van der Waals surface area contributed by atoms with Crippen LogP contribution < -0.4 is 11.4 Å². The molecule has 82 valence electrons. The predicted molar refractivity (Wildman–Crippen MR) is 65.2 cm³/mol. The molecular formula is C9H6BrClN4O. The average molecular weight is 302 g/mol. The minimum absolute atomic E-state index is 0.0854. The molecule has 1 aromatic heterocycles. The van der Waals surface area contributed by atoms with Crippen LogP contribution >= 0.6 is 27.5 Å². The fraction of sp³-hybridized carbons (Fsp3) is 0. The summed E-state index contributed by atoms with van der Waals surface area (Å²) in [5.74, 6) is 0.215. The smallest absolute Gasteiger partial charge is 0.349 e. The first-order chi connectivity index (χ1) is 7.56. The van der Waals surface area contributed by atoms with Gasteiger partial charge in [-0.05, 0) is 18.2 Å². The molecule has 16 heavy (non-hydrogen) atoms. The van der Waals surface area contributed by atoms with Gasteiger partial charge in [0.1, 0.15) is 5.82 Å². The maximum absolute atomic E-state index is 11.1. The number of hydrogen-bond donors (Lipinski definition) is 2. The monoisotopic (exact) mass is 300 g/mol. The van der Waals surface area contributed by atoms with Gasteiger partial charge in [-0.2, -0.15) is 9.97 Å². The molecule has 0 aliphatic heterocycles. The topological polar surface area (TPSA) is 84.7 Å². The van der Waals surface area contributed by atoms with Crippen molar-refractivity contribution in [2.45, 2.75) is 0 Å². The number of H-pyrrole nitrogens is 1. The normalized spacial score (nSPS) is 10.4. The van der Waals surface area contributed by atoms with Crippen molar-refractivity contribution in [2.24, 2.45) is 0 Å². The van der Waals surface area contributed by atoms with Crippen molar-refractivity contribution < 1.29 is 0 Å². The van der Waals surface area contributed by atoms with Crippen molar-refractivity contribution in [3.8, 4) is 11.4 Å². The van der Waals surface area contributed by atoms with Crippen LogP contribution in [0.4, 0.5) is 5.95 Å². The summed E-state index contributed by atoms with van der Waals surface area (Å²) in [4.78, 5) is 20.9. The molecule has 2 aromatic rings. The fourth-order valence-electron chi connectivity index (χ4n) is 1.21. The second-order valence-electron chi connectivity index (χ2n) is 2.98. The van der Waals surface area contributed by atoms with Crippen molar-refractivity contribution in [2.75, 3.05) is 5.73 Å².